The first-order chi connectivity index (χ1) is 9.51. The van der Waals surface area contributed by atoms with Crippen molar-refractivity contribution in [3.05, 3.63) is 69.0 Å². The van der Waals surface area contributed by atoms with E-state index in [4.69, 9.17) is 29.0 Å². The zero-order chi connectivity index (χ0) is 14.7. The molecule has 0 spiro atoms. The van der Waals surface area contributed by atoms with Crippen LogP contribution in [0.15, 0.2) is 36.4 Å². The van der Waals surface area contributed by atoms with Gasteiger partial charge in [0.2, 0.25) is 0 Å². The largest absolute Gasteiger partial charge is 0.271 e. The molecule has 0 radical (unpaired) electrons. The van der Waals surface area contributed by atoms with Gasteiger partial charge < -0.3 is 0 Å². The Hall–Kier alpha value is -1.13. The molecule has 106 valence electrons. The van der Waals surface area contributed by atoms with Gasteiger partial charge in [-0.15, -0.1) is 0 Å². The highest BCUT2D eigenvalue weighted by atomic mass is 35.5. The zero-order valence-corrected chi connectivity index (χ0v) is 12.5. The van der Waals surface area contributed by atoms with Gasteiger partial charge in [-0.25, -0.2) is 4.39 Å². The average molecular weight is 313 g/mol. The Kier molecular flexibility index (Phi) is 5.00. The van der Waals surface area contributed by atoms with E-state index in [1.807, 2.05) is 25.1 Å². The molecule has 1 atom stereocenters. The molecule has 0 heterocycles. The average Bonchev–Trinajstić information content (AvgIpc) is 2.41. The van der Waals surface area contributed by atoms with E-state index < -0.39 is 0 Å². The molecule has 2 aromatic rings. The number of benzene rings is 2. The number of nitrogens with one attached hydrogen (secondary N) is 1. The first-order valence-corrected chi connectivity index (χ1v) is 6.93. The second-order valence-corrected chi connectivity index (χ2v) is 5.50. The van der Waals surface area contributed by atoms with Crippen LogP contribution in [0.1, 0.15) is 22.7 Å². The third kappa shape index (κ3) is 3.49. The summed E-state index contributed by atoms with van der Waals surface area (Å²) in [6, 6.07) is 9.86. The summed E-state index contributed by atoms with van der Waals surface area (Å²) in [5.74, 6) is 5.29. The van der Waals surface area contributed by atoms with Crippen LogP contribution in [0.5, 0.6) is 0 Å². The van der Waals surface area contributed by atoms with Gasteiger partial charge in [-0.1, -0.05) is 35.3 Å². The van der Waals surface area contributed by atoms with Crippen LogP contribution < -0.4 is 11.3 Å². The van der Waals surface area contributed by atoms with Gasteiger partial charge in [0, 0.05) is 10.0 Å². The molecule has 0 aliphatic heterocycles. The first kappa shape index (κ1) is 15.3. The molecular weight excluding hydrogens is 298 g/mol. The standard InChI is InChI=1S/C15H15Cl2FN2/c1-9-2-4-11(16)7-13(9)15(20-19)6-10-3-5-12(18)8-14(10)17/h2-5,7-8,15,20H,6,19H2,1H3. The van der Waals surface area contributed by atoms with E-state index in [1.54, 1.807) is 6.07 Å². The fourth-order valence-corrected chi connectivity index (χ4v) is 2.58. The Bertz CT molecular complexity index is 617. The maximum atomic E-state index is 13.1. The van der Waals surface area contributed by atoms with Gasteiger partial charge in [-0.3, -0.25) is 11.3 Å². The van der Waals surface area contributed by atoms with E-state index in [-0.39, 0.29) is 11.9 Å². The van der Waals surface area contributed by atoms with Crippen molar-refractivity contribution in [3.8, 4) is 0 Å². The molecule has 2 nitrogen and oxygen atoms in total. The number of aryl methyl sites for hydroxylation is 1. The van der Waals surface area contributed by atoms with Crippen molar-refractivity contribution in [1.82, 2.24) is 5.43 Å². The van der Waals surface area contributed by atoms with E-state index in [0.717, 1.165) is 16.7 Å². The number of hydrogen-bond donors (Lipinski definition) is 2. The van der Waals surface area contributed by atoms with Gasteiger partial charge in [0.05, 0.1) is 6.04 Å². The molecule has 0 aromatic heterocycles. The molecule has 5 heteroatoms. The second-order valence-electron chi connectivity index (χ2n) is 4.66. The van der Waals surface area contributed by atoms with Crippen LogP contribution in [0.2, 0.25) is 10.0 Å². The van der Waals surface area contributed by atoms with Crippen molar-refractivity contribution in [2.75, 3.05) is 0 Å². The summed E-state index contributed by atoms with van der Waals surface area (Å²) in [5.41, 5.74) is 5.67. The molecule has 0 fully saturated rings. The maximum absolute atomic E-state index is 13.1. The highest BCUT2D eigenvalue weighted by molar-refractivity contribution is 6.31. The zero-order valence-electron chi connectivity index (χ0n) is 11.0. The van der Waals surface area contributed by atoms with Gasteiger partial charge in [0.15, 0.2) is 0 Å². The van der Waals surface area contributed by atoms with Crippen molar-refractivity contribution in [2.45, 2.75) is 19.4 Å². The van der Waals surface area contributed by atoms with Crippen LogP contribution in [0, 0.1) is 12.7 Å². The van der Waals surface area contributed by atoms with E-state index in [0.29, 0.717) is 16.5 Å². The summed E-state index contributed by atoms with van der Waals surface area (Å²) in [5, 5.41) is 1.04. The Labute approximate surface area is 127 Å². The van der Waals surface area contributed by atoms with E-state index in [9.17, 15) is 4.39 Å². The van der Waals surface area contributed by atoms with Gasteiger partial charge in [-0.05, 0) is 54.3 Å². The first-order valence-electron chi connectivity index (χ1n) is 6.17. The molecule has 0 bridgehead atoms. The molecular formula is C15H15Cl2FN2. The Morgan fingerprint density at radius 3 is 2.60 bits per heavy atom. The van der Waals surface area contributed by atoms with Crippen molar-refractivity contribution in [2.24, 2.45) is 5.84 Å². The lowest BCUT2D eigenvalue weighted by atomic mass is 9.96. The van der Waals surface area contributed by atoms with Crippen LogP contribution >= 0.6 is 23.2 Å². The number of nitrogens with two attached hydrogens (primary N) is 1. The summed E-state index contributed by atoms with van der Waals surface area (Å²) >= 11 is 12.1. The maximum Gasteiger partial charge on any atom is 0.124 e. The highest BCUT2D eigenvalue weighted by Gasteiger charge is 2.15. The van der Waals surface area contributed by atoms with Crippen molar-refractivity contribution >= 4 is 23.2 Å². The number of hydrogen-bond acceptors (Lipinski definition) is 2. The molecule has 0 aliphatic carbocycles. The van der Waals surface area contributed by atoms with Gasteiger partial charge in [-0.2, -0.15) is 0 Å². The summed E-state index contributed by atoms with van der Waals surface area (Å²) < 4.78 is 13.1. The van der Waals surface area contributed by atoms with E-state index in [1.165, 1.54) is 12.1 Å². The molecule has 2 aromatic carbocycles. The topological polar surface area (TPSA) is 38.0 Å². The molecule has 1 unspecified atom stereocenters. The van der Waals surface area contributed by atoms with Gasteiger partial charge >= 0.3 is 0 Å². The highest BCUT2D eigenvalue weighted by Crippen LogP contribution is 2.27. The lowest BCUT2D eigenvalue weighted by Crippen LogP contribution is -2.30. The minimum atomic E-state index is -0.352. The fourth-order valence-electron chi connectivity index (χ4n) is 2.15. The summed E-state index contributed by atoms with van der Waals surface area (Å²) in [6.07, 6.45) is 0.552. The molecule has 2 rings (SSSR count). The Morgan fingerprint density at radius 2 is 1.95 bits per heavy atom. The summed E-state index contributed by atoms with van der Waals surface area (Å²) in [6.45, 7) is 1.99. The quantitative estimate of drug-likeness (QED) is 0.656. The predicted molar refractivity (Wildman–Crippen MR) is 81.4 cm³/mol. The minimum absolute atomic E-state index is 0.142. The van der Waals surface area contributed by atoms with Crippen LogP contribution in [-0.2, 0) is 6.42 Å². The number of hydrazine groups is 1. The van der Waals surface area contributed by atoms with Crippen LogP contribution in [0.4, 0.5) is 4.39 Å². The predicted octanol–water partition coefficient (Wildman–Crippen LogP) is 4.19. The Balaban J connectivity index is 2.31. The van der Waals surface area contributed by atoms with E-state index in [2.05, 4.69) is 5.43 Å². The van der Waals surface area contributed by atoms with Gasteiger partial charge in [0.25, 0.3) is 0 Å². The lowest BCUT2D eigenvalue weighted by Gasteiger charge is -2.19. The molecule has 0 aliphatic rings. The molecule has 20 heavy (non-hydrogen) atoms. The minimum Gasteiger partial charge on any atom is -0.271 e. The van der Waals surface area contributed by atoms with Crippen molar-refractivity contribution in [1.29, 1.82) is 0 Å². The van der Waals surface area contributed by atoms with Crippen LogP contribution in [0.25, 0.3) is 0 Å². The smallest absolute Gasteiger partial charge is 0.124 e. The normalized spacial score (nSPS) is 12.4. The Morgan fingerprint density at radius 1 is 1.20 bits per heavy atom. The molecule has 0 saturated heterocycles. The number of rotatable bonds is 4. The van der Waals surface area contributed by atoms with Crippen molar-refractivity contribution < 1.29 is 4.39 Å². The molecule has 0 amide bonds. The SMILES string of the molecule is Cc1ccc(Cl)cc1C(Cc1ccc(F)cc1Cl)NN. The lowest BCUT2D eigenvalue weighted by molar-refractivity contribution is 0.548. The number of halogens is 3. The third-order valence-corrected chi connectivity index (χ3v) is 3.84. The molecule has 0 saturated carbocycles. The second kappa shape index (κ2) is 6.55. The van der Waals surface area contributed by atoms with Crippen molar-refractivity contribution in [3.63, 3.8) is 0 Å². The summed E-state index contributed by atoms with van der Waals surface area (Å²) in [4.78, 5) is 0. The van der Waals surface area contributed by atoms with E-state index >= 15 is 0 Å². The van der Waals surface area contributed by atoms with Crippen LogP contribution in [-0.4, -0.2) is 0 Å². The molecule has 3 N–H and O–H groups in total. The fraction of sp³-hybridized carbons (Fsp3) is 0.200. The summed E-state index contributed by atoms with van der Waals surface area (Å²) in [7, 11) is 0. The third-order valence-electron chi connectivity index (χ3n) is 3.26. The monoisotopic (exact) mass is 312 g/mol. The van der Waals surface area contributed by atoms with Gasteiger partial charge in [0.1, 0.15) is 5.82 Å². The van der Waals surface area contributed by atoms with Crippen LogP contribution in [0.3, 0.4) is 0 Å².